The minimum absolute atomic E-state index is 0.00225. The average molecular weight is 212 g/mol. The molecule has 2 nitrogen and oxygen atoms in total. The van der Waals surface area contributed by atoms with E-state index in [0.29, 0.717) is 0 Å². The van der Waals surface area contributed by atoms with E-state index in [1.54, 1.807) is 0 Å². The largest absolute Gasteiger partial charge is 0.326 e. The Bertz CT molecular complexity index is 173. The van der Waals surface area contributed by atoms with Crippen molar-refractivity contribution in [3.05, 3.63) is 0 Å². The number of nitrogens with two attached hydrogens (primary N) is 1. The number of hydrogen-bond donors (Lipinski definition) is 1. The first kappa shape index (κ1) is 13.0. The summed E-state index contributed by atoms with van der Waals surface area (Å²) in [5, 5.41) is 0. The predicted molar refractivity (Wildman–Crippen MR) is 67.0 cm³/mol. The van der Waals surface area contributed by atoms with E-state index in [-0.39, 0.29) is 5.54 Å². The normalized spacial score (nSPS) is 29.4. The minimum atomic E-state index is 0.00225. The zero-order chi connectivity index (χ0) is 11.5. The number of nitrogens with zero attached hydrogens (tertiary/aromatic N) is 1. The van der Waals surface area contributed by atoms with Crippen molar-refractivity contribution in [2.24, 2.45) is 5.73 Å². The maximum absolute atomic E-state index is 6.00. The summed E-state index contributed by atoms with van der Waals surface area (Å²) in [5.41, 5.74) is 6.00. The van der Waals surface area contributed by atoms with Gasteiger partial charge in [0.15, 0.2) is 0 Å². The van der Waals surface area contributed by atoms with Gasteiger partial charge in [0, 0.05) is 17.6 Å². The van der Waals surface area contributed by atoms with Crippen LogP contribution in [0.2, 0.25) is 0 Å². The highest BCUT2D eigenvalue weighted by Crippen LogP contribution is 2.23. The summed E-state index contributed by atoms with van der Waals surface area (Å²) >= 11 is 0. The zero-order valence-corrected chi connectivity index (χ0v) is 10.9. The lowest BCUT2D eigenvalue weighted by molar-refractivity contribution is 0.0994. The molecule has 2 atom stereocenters. The molecule has 0 aromatic carbocycles. The topological polar surface area (TPSA) is 29.3 Å². The highest BCUT2D eigenvalue weighted by atomic mass is 15.2. The van der Waals surface area contributed by atoms with Gasteiger partial charge in [0.1, 0.15) is 0 Å². The van der Waals surface area contributed by atoms with Crippen LogP contribution >= 0.6 is 0 Å². The third-order valence-electron chi connectivity index (χ3n) is 3.61. The highest BCUT2D eigenvalue weighted by Gasteiger charge is 2.24. The lowest BCUT2D eigenvalue weighted by Crippen LogP contribution is -2.44. The highest BCUT2D eigenvalue weighted by molar-refractivity contribution is 4.80. The van der Waals surface area contributed by atoms with Crippen molar-refractivity contribution in [3.63, 3.8) is 0 Å². The standard InChI is InChI=1S/C13H28N2/c1-11-7-5-8-12(2)15(11)10-6-9-13(3,4)14/h11-12H,5-10,14H2,1-4H3. The van der Waals surface area contributed by atoms with E-state index in [4.69, 9.17) is 5.73 Å². The molecular formula is C13H28N2. The van der Waals surface area contributed by atoms with Crippen LogP contribution in [0.1, 0.15) is 59.8 Å². The van der Waals surface area contributed by atoms with Gasteiger partial charge in [-0.25, -0.2) is 0 Å². The number of likely N-dealkylation sites (tertiary alicyclic amines) is 1. The minimum Gasteiger partial charge on any atom is -0.326 e. The maximum Gasteiger partial charge on any atom is 0.00975 e. The molecule has 1 heterocycles. The van der Waals surface area contributed by atoms with Gasteiger partial charge in [-0.3, -0.25) is 4.90 Å². The summed E-state index contributed by atoms with van der Waals surface area (Å²) in [6.07, 6.45) is 6.51. The second kappa shape index (κ2) is 5.31. The fourth-order valence-electron chi connectivity index (χ4n) is 2.63. The van der Waals surface area contributed by atoms with Gasteiger partial charge < -0.3 is 5.73 Å². The van der Waals surface area contributed by atoms with Gasteiger partial charge in [-0.15, -0.1) is 0 Å². The molecule has 0 aromatic rings. The molecule has 1 fully saturated rings. The van der Waals surface area contributed by atoms with Crippen LogP contribution in [0.5, 0.6) is 0 Å². The molecular weight excluding hydrogens is 184 g/mol. The Morgan fingerprint density at radius 2 is 1.73 bits per heavy atom. The Morgan fingerprint density at radius 3 is 2.20 bits per heavy atom. The first-order valence-corrected chi connectivity index (χ1v) is 6.45. The summed E-state index contributed by atoms with van der Waals surface area (Å²) in [5.74, 6) is 0. The van der Waals surface area contributed by atoms with Crippen molar-refractivity contribution < 1.29 is 0 Å². The molecule has 90 valence electrons. The van der Waals surface area contributed by atoms with Crippen LogP contribution in [0.4, 0.5) is 0 Å². The Morgan fingerprint density at radius 1 is 1.20 bits per heavy atom. The third kappa shape index (κ3) is 4.52. The molecule has 2 heteroatoms. The smallest absolute Gasteiger partial charge is 0.00975 e. The van der Waals surface area contributed by atoms with Crippen LogP contribution in [0.25, 0.3) is 0 Å². The molecule has 0 amide bonds. The van der Waals surface area contributed by atoms with Crippen molar-refractivity contribution in [3.8, 4) is 0 Å². The lowest BCUT2D eigenvalue weighted by atomic mass is 9.95. The summed E-state index contributed by atoms with van der Waals surface area (Å²) in [7, 11) is 0. The van der Waals surface area contributed by atoms with E-state index in [2.05, 4.69) is 32.6 Å². The van der Waals surface area contributed by atoms with E-state index in [1.807, 2.05) is 0 Å². The molecule has 2 unspecified atom stereocenters. The summed E-state index contributed by atoms with van der Waals surface area (Å²) in [6.45, 7) is 10.2. The monoisotopic (exact) mass is 212 g/mol. The van der Waals surface area contributed by atoms with E-state index in [1.165, 1.54) is 32.2 Å². The molecule has 0 aromatic heterocycles. The molecule has 1 aliphatic heterocycles. The van der Waals surface area contributed by atoms with Gasteiger partial charge >= 0.3 is 0 Å². The molecule has 0 aliphatic carbocycles. The molecule has 1 rings (SSSR count). The molecule has 1 aliphatic rings. The van der Waals surface area contributed by atoms with Gasteiger partial charge in [0.2, 0.25) is 0 Å². The molecule has 1 saturated heterocycles. The van der Waals surface area contributed by atoms with Crippen molar-refractivity contribution in [1.29, 1.82) is 0 Å². The van der Waals surface area contributed by atoms with Crippen molar-refractivity contribution in [1.82, 2.24) is 4.90 Å². The number of piperidine rings is 1. The SMILES string of the molecule is CC1CCCC(C)N1CCCC(C)(C)N. The van der Waals surface area contributed by atoms with Crippen molar-refractivity contribution >= 4 is 0 Å². The molecule has 2 N–H and O–H groups in total. The second-order valence-corrected chi connectivity index (χ2v) is 5.96. The summed E-state index contributed by atoms with van der Waals surface area (Å²) in [4.78, 5) is 2.66. The predicted octanol–water partition coefficient (Wildman–Crippen LogP) is 2.77. The zero-order valence-electron chi connectivity index (χ0n) is 10.9. The van der Waals surface area contributed by atoms with Gasteiger partial charge in [0.05, 0.1) is 0 Å². The number of hydrogen-bond acceptors (Lipinski definition) is 2. The molecule has 0 spiro atoms. The Kier molecular flexibility index (Phi) is 4.60. The van der Waals surface area contributed by atoms with Crippen molar-refractivity contribution in [2.75, 3.05) is 6.54 Å². The second-order valence-electron chi connectivity index (χ2n) is 5.96. The summed E-state index contributed by atoms with van der Waals surface area (Å²) < 4.78 is 0. The van der Waals surface area contributed by atoms with Crippen LogP contribution in [0.15, 0.2) is 0 Å². The summed E-state index contributed by atoms with van der Waals surface area (Å²) in [6, 6.07) is 1.55. The van der Waals surface area contributed by atoms with E-state index >= 15 is 0 Å². The first-order chi connectivity index (χ1) is 6.90. The quantitative estimate of drug-likeness (QED) is 0.776. The molecule has 0 radical (unpaired) electrons. The van der Waals surface area contributed by atoms with Crippen LogP contribution in [0.3, 0.4) is 0 Å². The van der Waals surface area contributed by atoms with Crippen molar-refractivity contribution in [2.45, 2.75) is 77.4 Å². The van der Waals surface area contributed by atoms with Gasteiger partial charge in [-0.05, 0) is 59.9 Å². The first-order valence-electron chi connectivity index (χ1n) is 6.45. The van der Waals surface area contributed by atoms with Crippen LogP contribution in [0, 0.1) is 0 Å². The maximum atomic E-state index is 6.00. The molecule has 15 heavy (non-hydrogen) atoms. The third-order valence-corrected chi connectivity index (χ3v) is 3.61. The fourth-order valence-corrected chi connectivity index (χ4v) is 2.63. The Balaban J connectivity index is 2.29. The van der Waals surface area contributed by atoms with Gasteiger partial charge in [-0.2, -0.15) is 0 Å². The van der Waals surface area contributed by atoms with E-state index in [0.717, 1.165) is 18.5 Å². The Labute approximate surface area is 95.2 Å². The van der Waals surface area contributed by atoms with Gasteiger partial charge in [-0.1, -0.05) is 6.42 Å². The molecule has 0 bridgehead atoms. The van der Waals surface area contributed by atoms with Crippen LogP contribution in [-0.4, -0.2) is 29.1 Å². The van der Waals surface area contributed by atoms with E-state index < -0.39 is 0 Å². The fraction of sp³-hybridized carbons (Fsp3) is 1.00. The lowest BCUT2D eigenvalue weighted by Gasteiger charge is -2.39. The van der Waals surface area contributed by atoms with E-state index in [9.17, 15) is 0 Å². The molecule has 0 saturated carbocycles. The average Bonchev–Trinajstić information content (AvgIpc) is 2.08. The van der Waals surface area contributed by atoms with Crippen LogP contribution < -0.4 is 5.73 Å². The van der Waals surface area contributed by atoms with Gasteiger partial charge in [0.25, 0.3) is 0 Å². The number of rotatable bonds is 4. The Hall–Kier alpha value is -0.0800. The van der Waals surface area contributed by atoms with Crippen LogP contribution in [-0.2, 0) is 0 Å².